The molecule has 98 valence electrons. The van der Waals surface area contributed by atoms with Crippen molar-refractivity contribution in [2.45, 2.75) is 0 Å². The van der Waals surface area contributed by atoms with Gasteiger partial charge in [-0.3, -0.25) is 0 Å². The molecular formula is C14H12N6. The van der Waals surface area contributed by atoms with Gasteiger partial charge in [0.2, 0.25) is 5.95 Å². The topological polar surface area (TPSA) is 104 Å². The van der Waals surface area contributed by atoms with E-state index in [1.165, 1.54) is 0 Å². The van der Waals surface area contributed by atoms with E-state index in [-0.39, 0.29) is 11.8 Å². The molecule has 2 aromatic heterocycles. The van der Waals surface area contributed by atoms with Crippen LogP contribution in [-0.2, 0) is 0 Å². The van der Waals surface area contributed by atoms with Crippen LogP contribution in [0.4, 0.5) is 11.8 Å². The van der Waals surface area contributed by atoms with E-state index in [1.807, 2.05) is 42.5 Å². The van der Waals surface area contributed by atoms with Gasteiger partial charge in [-0.1, -0.05) is 36.4 Å². The third-order valence-electron chi connectivity index (χ3n) is 2.72. The maximum Gasteiger partial charge on any atom is 0.224 e. The van der Waals surface area contributed by atoms with Crippen LogP contribution in [0.15, 0.2) is 36.5 Å². The van der Waals surface area contributed by atoms with E-state index in [4.69, 9.17) is 11.5 Å². The van der Waals surface area contributed by atoms with Crippen molar-refractivity contribution in [3.05, 3.63) is 47.8 Å². The van der Waals surface area contributed by atoms with Crippen LogP contribution < -0.4 is 11.5 Å². The molecule has 0 spiro atoms. The maximum absolute atomic E-state index is 5.78. The third kappa shape index (κ3) is 2.39. The highest BCUT2D eigenvalue weighted by Crippen LogP contribution is 2.15. The Bertz CT molecular complexity index is 782. The number of benzene rings is 1. The largest absolute Gasteiger partial charge is 0.382 e. The van der Waals surface area contributed by atoms with Crippen molar-refractivity contribution in [1.29, 1.82) is 0 Å². The minimum absolute atomic E-state index is 0.0943. The molecular weight excluding hydrogens is 252 g/mol. The molecule has 0 unspecified atom stereocenters. The summed E-state index contributed by atoms with van der Waals surface area (Å²) in [6.07, 6.45) is 5.43. The SMILES string of the molecule is Nc1nc(N)c2nc(C=Cc3ccccc3)cnc2n1. The summed E-state index contributed by atoms with van der Waals surface area (Å²) in [7, 11) is 0. The fourth-order valence-corrected chi connectivity index (χ4v) is 1.79. The minimum Gasteiger partial charge on any atom is -0.382 e. The summed E-state index contributed by atoms with van der Waals surface area (Å²) >= 11 is 0. The van der Waals surface area contributed by atoms with E-state index >= 15 is 0 Å². The Morgan fingerprint density at radius 3 is 2.50 bits per heavy atom. The van der Waals surface area contributed by atoms with Crippen molar-refractivity contribution in [3.8, 4) is 0 Å². The molecule has 0 aliphatic heterocycles. The summed E-state index contributed by atoms with van der Waals surface area (Å²) in [4.78, 5) is 16.4. The summed E-state index contributed by atoms with van der Waals surface area (Å²) in [6.45, 7) is 0. The molecule has 1 aromatic carbocycles. The van der Waals surface area contributed by atoms with E-state index in [2.05, 4.69) is 19.9 Å². The average Bonchev–Trinajstić information content (AvgIpc) is 2.46. The minimum atomic E-state index is 0.0943. The molecule has 6 nitrogen and oxygen atoms in total. The Kier molecular flexibility index (Phi) is 2.96. The van der Waals surface area contributed by atoms with Gasteiger partial charge in [0, 0.05) is 0 Å². The number of hydrogen-bond donors (Lipinski definition) is 2. The molecule has 6 heteroatoms. The monoisotopic (exact) mass is 264 g/mol. The second-order valence-corrected chi connectivity index (χ2v) is 4.18. The van der Waals surface area contributed by atoms with Crippen LogP contribution in [0.3, 0.4) is 0 Å². The molecule has 0 saturated heterocycles. The maximum atomic E-state index is 5.78. The Morgan fingerprint density at radius 2 is 1.70 bits per heavy atom. The smallest absolute Gasteiger partial charge is 0.224 e. The van der Waals surface area contributed by atoms with Crippen LogP contribution in [0.25, 0.3) is 23.3 Å². The third-order valence-corrected chi connectivity index (χ3v) is 2.72. The lowest BCUT2D eigenvalue weighted by molar-refractivity contribution is 1.16. The molecule has 3 aromatic rings. The van der Waals surface area contributed by atoms with Crippen molar-refractivity contribution < 1.29 is 0 Å². The lowest BCUT2D eigenvalue weighted by atomic mass is 10.2. The molecule has 0 aliphatic rings. The highest BCUT2D eigenvalue weighted by atomic mass is 15.1. The van der Waals surface area contributed by atoms with Gasteiger partial charge in [0.15, 0.2) is 17.0 Å². The number of anilines is 2. The van der Waals surface area contributed by atoms with Gasteiger partial charge in [0.25, 0.3) is 0 Å². The zero-order chi connectivity index (χ0) is 13.9. The van der Waals surface area contributed by atoms with Crippen molar-refractivity contribution in [3.63, 3.8) is 0 Å². The first-order valence-corrected chi connectivity index (χ1v) is 6.01. The van der Waals surface area contributed by atoms with Crippen molar-refractivity contribution in [1.82, 2.24) is 19.9 Å². The van der Waals surface area contributed by atoms with Crippen LogP contribution in [0.5, 0.6) is 0 Å². The van der Waals surface area contributed by atoms with Crippen molar-refractivity contribution in [2.24, 2.45) is 0 Å². The zero-order valence-corrected chi connectivity index (χ0v) is 10.6. The van der Waals surface area contributed by atoms with Gasteiger partial charge in [-0.15, -0.1) is 0 Å². The van der Waals surface area contributed by atoms with Gasteiger partial charge >= 0.3 is 0 Å². The van der Waals surface area contributed by atoms with Crippen LogP contribution in [0.2, 0.25) is 0 Å². The van der Waals surface area contributed by atoms with Crippen LogP contribution in [0, 0.1) is 0 Å². The quantitative estimate of drug-likeness (QED) is 0.730. The Labute approximate surface area is 115 Å². The Morgan fingerprint density at radius 1 is 0.900 bits per heavy atom. The van der Waals surface area contributed by atoms with E-state index in [1.54, 1.807) is 6.20 Å². The summed E-state index contributed by atoms with van der Waals surface area (Å²) in [5.41, 5.74) is 13.9. The number of nitrogens with two attached hydrogens (primary N) is 2. The highest BCUT2D eigenvalue weighted by Gasteiger charge is 2.06. The second kappa shape index (κ2) is 4.93. The Balaban J connectivity index is 1.99. The number of hydrogen-bond acceptors (Lipinski definition) is 6. The molecule has 0 aliphatic carbocycles. The van der Waals surface area contributed by atoms with Gasteiger partial charge in [-0.2, -0.15) is 9.97 Å². The molecule has 0 saturated carbocycles. The van der Waals surface area contributed by atoms with Crippen LogP contribution >= 0.6 is 0 Å². The number of nitrogen functional groups attached to an aromatic ring is 2. The van der Waals surface area contributed by atoms with E-state index in [0.29, 0.717) is 16.9 Å². The van der Waals surface area contributed by atoms with E-state index in [0.717, 1.165) is 5.56 Å². The number of nitrogens with zero attached hydrogens (tertiary/aromatic N) is 4. The standard InChI is InChI=1S/C14H12N6/c15-12-11-13(20-14(16)19-12)17-8-10(18-11)7-6-9-4-2-1-3-5-9/h1-8H,(H4,15,16,17,19,20). The fourth-order valence-electron chi connectivity index (χ4n) is 1.79. The number of rotatable bonds is 2. The summed E-state index contributed by atoms with van der Waals surface area (Å²) in [6, 6.07) is 9.92. The van der Waals surface area contributed by atoms with Gasteiger partial charge in [-0.25, -0.2) is 9.97 Å². The zero-order valence-electron chi connectivity index (χ0n) is 10.6. The normalized spacial score (nSPS) is 11.2. The summed E-state index contributed by atoms with van der Waals surface area (Å²) < 4.78 is 0. The van der Waals surface area contributed by atoms with Crippen LogP contribution in [-0.4, -0.2) is 19.9 Å². The highest BCUT2D eigenvalue weighted by molar-refractivity contribution is 5.83. The van der Waals surface area contributed by atoms with Gasteiger partial charge in [-0.05, 0) is 11.6 Å². The van der Waals surface area contributed by atoms with Crippen LogP contribution in [0.1, 0.15) is 11.3 Å². The van der Waals surface area contributed by atoms with Gasteiger partial charge in [0.05, 0.1) is 11.9 Å². The summed E-state index contributed by atoms with van der Waals surface area (Å²) in [5, 5.41) is 0. The molecule has 0 fully saturated rings. The fraction of sp³-hybridized carbons (Fsp3) is 0. The van der Waals surface area contributed by atoms with Crippen molar-refractivity contribution >= 4 is 35.1 Å². The molecule has 2 heterocycles. The number of aromatic nitrogens is 4. The number of fused-ring (bicyclic) bond motifs is 1. The molecule has 0 amide bonds. The lowest BCUT2D eigenvalue weighted by Gasteiger charge is -2.01. The molecule has 4 N–H and O–H groups in total. The van der Waals surface area contributed by atoms with Gasteiger partial charge < -0.3 is 11.5 Å². The first kappa shape index (κ1) is 12.0. The predicted molar refractivity (Wildman–Crippen MR) is 79.3 cm³/mol. The van der Waals surface area contributed by atoms with Gasteiger partial charge in [0.1, 0.15) is 0 Å². The summed E-state index contributed by atoms with van der Waals surface area (Å²) in [5.74, 6) is 0.326. The second-order valence-electron chi connectivity index (χ2n) is 4.18. The molecule has 0 radical (unpaired) electrons. The van der Waals surface area contributed by atoms with E-state index in [9.17, 15) is 0 Å². The molecule has 20 heavy (non-hydrogen) atoms. The molecule has 0 bridgehead atoms. The van der Waals surface area contributed by atoms with Crippen molar-refractivity contribution in [2.75, 3.05) is 11.5 Å². The molecule has 3 rings (SSSR count). The predicted octanol–water partition coefficient (Wildman–Crippen LogP) is 1.75. The molecule has 0 atom stereocenters. The average molecular weight is 264 g/mol. The Hall–Kier alpha value is -3.02. The first-order chi connectivity index (χ1) is 9.72. The first-order valence-electron chi connectivity index (χ1n) is 6.01. The lowest BCUT2D eigenvalue weighted by Crippen LogP contribution is -2.03. The van der Waals surface area contributed by atoms with E-state index < -0.39 is 0 Å².